The van der Waals surface area contributed by atoms with Crippen LogP contribution in [0.3, 0.4) is 0 Å². The van der Waals surface area contributed by atoms with Gasteiger partial charge in [0.2, 0.25) is 5.91 Å². The number of hydrogen-bond donors (Lipinski definition) is 3. The zero-order chi connectivity index (χ0) is 31.9. The van der Waals surface area contributed by atoms with E-state index in [4.69, 9.17) is 10.2 Å². The Hall–Kier alpha value is -3.59. The number of likely N-dealkylation sites (N-methyl/N-ethyl adjacent to an activating group) is 1. The zero-order valence-electron chi connectivity index (χ0n) is 26.4. The van der Waals surface area contributed by atoms with Crippen molar-refractivity contribution in [2.75, 3.05) is 7.05 Å². The Morgan fingerprint density at radius 2 is 1.18 bits per heavy atom. The number of carbonyl (C=O) groups excluding carboxylic acids is 1. The number of amides is 1. The van der Waals surface area contributed by atoms with Gasteiger partial charge in [-0.15, -0.1) is 0 Å². The molecule has 44 heavy (non-hydrogen) atoms. The number of aliphatic hydroxyl groups excluding tert-OH is 2. The molecular formula is C37H46N2O4Si. The van der Waals surface area contributed by atoms with Crippen molar-refractivity contribution in [2.24, 2.45) is 5.73 Å². The van der Waals surface area contributed by atoms with E-state index in [0.29, 0.717) is 12.0 Å². The highest BCUT2D eigenvalue weighted by atomic mass is 28.4. The van der Waals surface area contributed by atoms with Crippen LogP contribution in [0.25, 0.3) is 0 Å². The molecule has 232 valence electrons. The van der Waals surface area contributed by atoms with Gasteiger partial charge in [0.25, 0.3) is 8.32 Å². The Bertz CT molecular complexity index is 1410. The number of rotatable bonds is 12. The molecule has 4 rings (SSSR count). The summed E-state index contributed by atoms with van der Waals surface area (Å²) < 4.78 is 7.19. The number of carbonyl (C=O) groups is 1. The van der Waals surface area contributed by atoms with Gasteiger partial charge in [-0.2, -0.15) is 0 Å². The summed E-state index contributed by atoms with van der Waals surface area (Å²) in [5, 5.41) is 25.1. The van der Waals surface area contributed by atoms with Gasteiger partial charge >= 0.3 is 0 Å². The van der Waals surface area contributed by atoms with Crippen LogP contribution >= 0.6 is 0 Å². The smallest absolute Gasteiger partial charge is 0.261 e. The minimum Gasteiger partial charge on any atom is -0.402 e. The summed E-state index contributed by atoms with van der Waals surface area (Å²) >= 11 is 0. The second-order valence-electron chi connectivity index (χ2n) is 12.4. The quantitative estimate of drug-likeness (QED) is 0.197. The molecule has 0 saturated heterocycles. The fourth-order valence-electron chi connectivity index (χ4n) is 6.16. The molecule has 4 aromatic carbocycles. The maximum absolute atomic E-state index is 14.0. The van der Waals surface area contributed by atoms with E-state index in [1.54, 1.807) is 7.05 Å². The molecule has 4 N–H and O–H groups in total. The Morgan fingerprint density at radius 1 is 0.773 bits per heavy atom. The van der Waals surface area contributed by atoms with Crippen molar-refractivity contribution in [3.63, 3.8) is 0 Å². The molecule has 0 heterocycles. The predicted molar refractivity (Wildman–Crippen MR) is 180 cm³/mol. The topological polar surface area (TPSA) is 96.0 Å². The molecule has 5 atom stereocenters. The summed E-state index contributed by atoms with van der Waals surface area (Å²) in [6, 6.07) is 37.0. The first-order valence-electron chi connectivity index (χ1n) is 15.3. The van der Waals surface area contributed by atoms with Gasteiger partial charge in [-0.1, -0.05) is 149 Å². The Balaban J connectivity index is 1.69. The average Bonchev–Trinajstić information content (AvgIpc) is 3.05. The van der Waals surface area contributed by atoms with Crippen molar-refractivity contribution in [2.45, 2.75) is 69.5 Å². The van der Waals surface area contributed by atoms with Crippen molar-refractivity contribution in [1.29, 1.82) is 0 Å². The monoisotopic (exact) mass is 610 g/mol. The maximum Gasteiger partial charge on any atom is 0.261 e. The average molecular weight is 611 g/mol. The minimum atomic E-state index is -3.02. The van der Waals surface area contributed by atoms with Crippen LogP contribution in [0, 0.1) is 0 Å². The first-order chi connectivity index (χ1) is 21.0. The molecule has 0 spiro atoms. The summed E-state index contributed by atoms with van der Waals surface area (Å²) in [6.45, 7) is 8.46. The maximum atomic E-state index is 14.0. The van der Waals surface area contributed by atoms with Crippen LogP contribution in [0.5, 0.6) is 0 Å². The van der Waals surface area contributed by atoms with Gasteiger partial charge in [0, 0.05) is 7.05 Å². The van der Waals surface area contributed by atoms with E-state index in [-0.39, 0.29) is 5.04 Å². The van der Waals surface area contributed by atoms with E-state index in [1.807, 2.05) is 104 Å². The van der Waals surface area contributed by atoms with Crippen molar-refractivity contribution in [3.05, 3.63) is 132 Å². The van der Waals surface area contributed by atoms with Crippen molar-refractivity contribution >= 4 is 24.6 Å². The normalized spacial score (nSPS) is 15.5. The number of hydrogen-bond acceptors (Lipinski definition) is 5. The van der Waals surface area contributed by atoms with E-state index in [1.165, 1.54) is 4.90 Å². The molecule has 0 saturated carbocycles. The molecule has 0 aliphatic rings. The van der Waals surface area contributed by atoms with Gasteiger partial charge in [0.05, 0.1) is 12.1 Å². The van der Waals surface area contributed by atoms with Gasteiger partial charge in [-0.25, -0.2) is 0 Å². The number of aliphatic hydroxyl groups is 2. The largest absolute Gasteiger partial charge is 0.402 e. The highest BCUT2D eigenvalue weighted by Gasteiger charge is 2.52. The van der Waals surface area contributed by atoms with Crippen LogP contribution in [0.4, 0.5) is 0 Å². The fourth-order valence-corrected chi connectivity index (χ4v) is 10.9. The lowest BCUT2D eigenvalue weighted by Crippen LogP contribution is -2.69. The lowest BCUT2D eigenvalue weighted by molar-refractivity contribution is -0.140. The molecule has 6 nitrogen and oxygen atoms in total. The molecular weight excluding hydrogens is 565 g/mol. The van der Waals surface area contributed by atoms with E-state index in [2.05, 4.69) is 45.0 Å². The molecule has 0 aromatic heterocycles. The molecule has 4 aromatic rings. The third-order valence-electron chi connectivity index (χ3n) is 8.53. The first kappa shape index (κ1) is 33.3. The van der Waals surface area contributed by atoms with Gasteiger partial charge in [0.1, 0.15) is 18.2 Å². The molecule has 0 bridgehead atoms. The fraction of sp³-hybridized carbons (Fsp3) is 0.324. The number of nitrogens with two attached hydrogens (primary N) is 1. The van der Waals surface area contributed by atoms with Crippen LogP contribution in [0.1, 0.15) is 57.4 Å². The van der Waals surface area contributed by atoms with Crippen LogP contribution < -0.4 is 16.1 Å². The summed E-state index contributed by atoms with van der Waals surface area (Å²) in [5.74, 6) is -0.481. The first-order valence-corrected chi connectivity index (χ1v) is 17.2. The second-order valence-corrected chi connectivity index (χ2v) is 16.7. The van der Waals surface area contributed by atoms with Crippen molar-refractivity contribution < 1.29 is 19.4 Å². The number of benzene rings is 4. The van der Waals surface area contributed by atoms with Crippen LogP contribution in [-0.4, -0.2) is 54.6 Å². The van der Waals surface area contributed by atoms with Crippen molar-refractivity contribution in [1.82, 2.24) is 4.90 Å². The molecule has 1 amide bonds. The number of nitrogens with zero attached hydrogens (tertiary/aromatic N) is 1. The third-order valence-corrected chi connectivity index (χ3v) is 13.6. The highest BCUT2D eigenvalue weighted by Crippen LogP contribution is 2.39. The predicted octanol–water partition coefficient (Wildman–Crippen LogP) is 4.96. The van der Waals surface area contributed by atoms with Gasteiger partial charge in [0.15, 0.2) is 0 Å². The van der Waals surface area contributed by atoms with Gasteiger partial charge in [-0.3, -0.25) is 4.79 Å². The van der Waals surface area contributed by atoms with Crippen LogP contribution in [-0.2, 0) is 9.22 Å². The summed E-state index contributed by atoms with van der Waals surface area (Å²) in [6.07, 6.45) is -2.57. The minimum absolute atomic E-state index is 0.314. The molecule has 0 fully saturated rings. The van der Waals surface area contributed by atoms with Gasteiger partial charge < -0.3 is 25.3 Å². The van der Waals surface area contributed by atoms with E-state index in [0.717, 1.165) is 15.9 Å². The molecule has 0 unspecified atom stereocenters. The molecule has 7 heteroatoms. The zero-order valence-corrected chi connectivity index (χ0v) is 27.4. The van der Waals surface area contributed by atoms with Crippen LogP contribution in [0.15, 0.2) is 121 Å². The Kier molecular flexibility index (Phi) is 10.9. The lowest BCUT2D eigenvalue weighted by atomic mass is 9.93. The van der Waals surface area contributed by atoms with E-state index in [9.17, 15) is 15.0 Å². The second kappa shape index (κ2) is 14.5. The molecule has 0 radical (unpaired) electrons. The standard InChI is InChI=1S/C37H46N2O4Si/c1-6-31(43-44(37(2,3)4,29-23-15-9-16-24-29)30-25-17-10-18-26-30)35(41)32(38)36(42)39(5)33(27-19-11-7-12-20-27)34(40)28-21-13-8-14-22-28/h7-26,31-35,40-41H,6,38H2,1-5H3/t31-,32+,33-,34-,35-/m1/s1. The highest BCUT2D eigenvalue weighted by molar-refractivity contribution is 6.99. The molecule has 0 aliphatic heterocycles. The third kappa shape index (κ3) is 6.88. The Morgan fingerprint density at radius 3 is 1.59 bits per heavy atom. The molecule has 0 aliphatic carbocycles. The van der Waals surface area contributed by atoms with E-state index < -0.39 is 44.6 Å². The summed E-state index contributed by atoms with van der Waals surface area (Å²) in [4.78, 5) is 15.5. The summed E-state index contributed by atoms with van der Waals surface area (Å²) in [5.41, 5.74) is 8.05. The van der Waals surface area contributed by atoms with Crippen molar-refractivity contribution in [3.8, 4) is 0 Å². The Labute approximate surface area is 263 Å². The van der Waals surface area contributed by atoms with Gasteiger partial charge in [-0.05, 0) is 33.0 Å². The lowest BCUT2D eigenvalue weighted by Gasteiger charge is -2.46. The summed E-state index contributed by atoms with van der Waals surface area (Å²) in [7, 11) is -1.39. The SMILES string of the molecule is CC[C@@H](O[Si](c1ccccc1)(c1ccccc1)C(C)(C)C)[C@@H](O)[C@H](N)C(=O)N(C)[C@H](c1ccccc1)[C@H](O)c1ccccc1. The van der Waals surface area contributed by atoms with Crippen LogP contribution in [0.2, 0.25) is 5.04 Å². The van der Waals surface area contributed by atoms with E-state index >= 15 is 0 Å².